The molecule has 1 amide bonds. The van der Waals surface area contributed by atoms with Gasteiger partial charge in [0.1, 0.15) is 0 Å². The number of hydrogen-bond acceptors (Lipinski definition) is 2. The lowest BCUT2D eigenvalue weighted by molar-refractivity contribution is -0.115. The third-order valence-electron chi connectivity index (χ3n) is 3.42. The zero-order valence-electron chi connectivity index (χ0n) is 10.5. The van der Waals surface area contributed by atoms with Crippen LogP contribution in [0.2, 0.25) is 10.0 Å². The molecular formula is C15H12Cl2N2O. The van der Waals surface area contributed by atoms with Crippen LogP contribution < -0.4 is 11.1 Å². The van der Waals surface area contributed by atoms with Crippen LogP contribution in [0, 0.1) is 0 Å². The molecule has 3 nitrogen and oxygen atoms in total. The molecule has 0 radical (unpaired) electrons. The first-order chi connectivity index (χ1) is 9.56. The van der Waals surface area contributed by atoms with E-state index < -0.39 is 6.04 Å². The van der Waals surface area contributed by atoms with Crippen LogP contribution in [0.15, 0.2) is 36.4 Å². The number of rotatable bonds is 2. The maximum absolute atomic E-state index is 11.4. The first-order valence-electron chi connectivity index (χ1n) is 6.18. The number of benzene rings is 2. The number of halogens is 2. The lowest BCUT2D eigenvalue weighted by atomic mass is 9.97. The Kier molecular flexibility index (Phi) is 3.42. The second-order valence-corrected chi connectivity index (χ2v) is 5.57. The highest BCUT2D eigenvalue weighted by molar-refractivity contribution is 6.36. The van der Waals surface area contributed by atoms with Crippen LogP contribution in [-0.2, 0) is 11.2 Å². The molecule has 2 aromatic rings. The van der Waals surface area contributed by atoms with Crippen molar-refractivity contribution < 1.29 is 4.79 Å². The summed E-state index contributed by atoms with van der Waals surface area (Å²) >= 11 is 12.4. The summed E-state index contributed by atoms with van der Waals surface area (Å²) in [6.45, 7) is 0. The third kappa shape index (κ3) is 2.29. The quantitative estimate of drug-likeness (QED) is 0.891. The van der Waals surface area contributed by atoms with Crippen LogP contribution in [-0.4, -0.2) is 5.91 Å². The number of fused-ring (bicyclic) bond motifs is 1. The Morgan fingerprint density at radius 3 is 2.55 bits per heavy atom. The zero-order valence-corrected chi connectivity index (χ0v) is 12.0. The van der Waals surface area contributed by atoms with Gasteiger partial charge in [-0.05, 0) is 29.3 Å². The highest BCUT2D eigenvalue weighted by atomic mass is 35.5. The Morgan fingerprint density at radius 1 is 1.15 bits per heavy atom. The van der Waals surface area contributed by atoms with Crippen LogP contribution in [0.1, 0.15) is 22.7 Å². The van der Waals surface area contributed by atoms with Gasteiger partial charge in [-0.15, -0.1) is 0 Å². The standard InChI is InChI=1S/C15H12Cl2N2O/c16-10-2-1-3-11(17)14(10)15(18)8-4-5-12-9(6-8)7-13(20)19-12/h1-6,15H,7,18H2,(H,19,20). The molecule has 0 fully saturated rings. The molecule has 0 saturated carbocycles. The molecular weight excluding hydrogens is 295 g/mol. The minimum Gasteiger partial charge on any atom is -0.326 e. The van der Waals surface area contributed by atoms with E-state index in [1.165, 1.54) is 0 Å². The number of hydrogen-bond donors (Lipinski definition) is 2. The topological polar surface area (TPSA) is 55.1 Å². The van der Waals surface area contributed by atoms with Crippen molar-refractivity contribution in [3.05, 3.63) is 63.1 Å². The molecule has 3 rings (SSSR count). The summed E-state index contributed by atoms with van der Waals surface area (Å²) in [5.74, 6) is 0.00139. The van der Waals surface area contributed by atoms with Crippen molar-refractivity contribution >= 4 is 34.8 Å². The number of carbonyl (C=O) groups excluding carboxylic acids is 1. The minimum atomic E-state index is -0.419. The zero-order chi connectivity index (χ0) is 14.3. The Balaban J connectivity index is 2.02. The first kappa shape index (κ1) is 13.4. The minimum absolute atomic E-state index is 0.00139. The monoisotopic (exact) mass is 306 g/mol. The van der Waals surface area contributed by atoms with Gasteiger partial charge in [-0.2, -0.15) is 0 Å². The first-order valence-corrected chi connectivity index (χ1v) is 6.94. The maximum Gasteiger partial charge on any atom is 0.228 e. The third-order valence-corrected chi connectivity index (χ3v) is 4.08. The Bertz CT molecular complexity index is 680. The fraction of sp³-hybridized carbons (Fsp3) is 0.133. The van der Waals surface area contributed by atoms with Crippen molar-refractivity contribution in [3.8, 4) is 0 Å². The van der Waals surface area contributed by atoms with Gasteiger partial charge >= 0.3 is 0 Å². The molecule has 20 heavy (non-hydrogen) atoms. The van der Waals surface area contributed by atoms with E-state index in [-0.39, 0.29) is 5.91 Å². The molecule has 1 heterocycles. The largest absolute Gasteiger partial charge is 0.326 e. The average Bonchev–Trinajstić information content (AvgIpc) is 2.77. The molecule has 0 aromatic heterocycles. The molecule has 1 unspecified atom stereocenters. The number of anilines is 1. The van der Waals surface area contributed by atoms with E-state index in [1.54, 1.807) is 18.2 Å². The fourth-order valence-corrected chi connectivity index (χ4v) is 3.05. The molecule has 0 saturated heterocycles. The molecule has 2 aromatic carbocycles. The Hall–Kier alpha value is -1.55. The predicted molar refractivity (Wildman–Crippen MR) is 81.3 cm³/mol. The van der Waals surface area contributed by atoms with E-state index >= 15 is 0 Å². The van der Waals surface area contributed by atoms with E-state index in [2.05, 4.69) is 5.32 Å². The molecule has 1 aliphatic rings. The van der Waals surface area contributed by atoms with Crippen molar-refractivity contribution in [2.75, 3.05) is 5.32 Å². The summed E-state index contributed by atoms with van der Waals surface area (Å²) in [4.78, 5) is 11.4. The molecule has 102 valence electrons. The van der Waals surface area contributed by atoms with Crippen molar-refractivity contribution in [1.82, 2.24) is 0 Å². The number of nitrogens with one attached hydrogen (secondary N) is 1. The van der Waals surface area contributed by atoms with Gasteiger partial charge in [-0.25, -0.2) is 0 Å². The number of carbonyl (C=O) groups is 1. The lowest BCUT2D eigenvalue weighted by Gasteiger charge is -2.16. The number of amides is 1. The SMILES string of the molecule is NC(c1ccc2c(c1)CC(=O)N2)c1c(Cl)cccc1Cl. The summed E-state index contributed by atoms with van der Waals surface area (Å²) in [6, 6.07) is 10.6. The summed E-state index contributed by atoms with van der Waals surface area (Å²) in [6.07, 6.45) is 0.381. The molecule has 0 spiro atoms. The van der Waals surface area contributed by atoms with Crippen LogP contribution in [0.5, 0.6) is 0 Å². The van der Waals surface area contributed by atoms with E-state index in [9.17, 15) is 4.79 Å². The summed E-state index contributed by atoms with van der Waals surface area (Å²) in [7, 11) is 0. The molecule has 5 heteroatoms. The van der Waals surface area contributed by atoms with E-state index in [0.29, 0.717) is 22.0 Å². The predicted octanol–water partition coefficient (Wildman–Crippen LogP) is 3.54. The highest BCUT2D eigenvalue weighted by Gasteiger charge is 2.21. The van der Waals surface area contributed by atoms with Gasteiger partial charge in [0, 0.05) is 21.3 Å². The maximum atomic E-state index is 11.4. The van der Waals surface area contributed by atoms with Gasteiger partial charge in [-0.1, -0.05) is 41.4 Å². The summed E-state index contributed by atoms with van der Waals surface area (Å²) in [5, 5.41) is 3.88. The van der Waals surface area contributed by atoms with Crippen LogP contribution >= 0.6 is 23.2 Å². The van der Waals surface area contributed by atoms with Crippen LogP contribution in [0.4, 0.5) is 5.69 Å². The summed E-state index contributed by atoms with van der Waals surface area (Å²) < 4.78 is 0. The van der Waals surface area contributed by atoms with E-state index in [4.69, 9.17) is 28.9 Å². The Morgan fingerprint density at radius 2 is 1.85 bits per heavy atom. The normalized spacial score (nSPS) is 14.8. The molecule has 3 N–H and O–H groups in total. The van der Waals surface area contributed by atoms with Gasteiger partial charge in [0.15, 0.2) is 0 Å². The van der Waals surface area contributed by atoms with Gasteiger partial charge < -0.3 is 11.1 Å². The second-order valence-electron chi connectivity index (χ2n) is 4.75. The summed E-state index contributed by atoms with van der Waals surface area (Å²) in [5.41, 5.74) is 9.65. The van der Waals surface area contributed by atoms with Crippen molar-refractivity contribution in [2.24, 2.45) is 5.73 Å². The molecule has 0 bridgehead atoms. The molecule has 0 aliphatic carbocycles. The molecule has 1 aliphatic heterocycles. The van der Waals surface area contributed by atoms with Gasteiger partial charge in [-0.3, -0.25) is 4.79 Å². The van der Waals surface area contributed by atoms with Crippen molar-refractivity contribution in [2.45, 2.75) is 12.5 Å². The lowest BCUT2D eigenvalue weighted by Crippen LogP contribution is -2.13. The molecule has 1 atom stereocenters. The van der Waals surface area contributed by atoms with Crippen molar-refractivity contribution in [3.63, 3.8) is 0 Å². The van der Waals surface area contributed by atoms with E-state index in [1.807, 2.05) is 18.2 Å². The van der Waals surface area contributed by atoms with Crippen LogP contribution in [0.3, 0.4) is 0 Å². The Labute approximate surface area is 126 Å². The van der Waals surface area contributed by atoms with Gasteiger partial charge in [0.05, 0.1) is 12.5 Å². The van der Waals surface area contributed by atoms with Gasteiger partial charge in [0.2, 0.25) is 5.91 Å². The fourth-order valence-electron chi connectivity index (χ4n) is 2.42. The smallest absolute Gasteiger partial charge is 0.228 e. The average molecular weight is 307 g/mol. The van der Waals surface area contributed by atoms with Crippen LogP contribution in [0.25, 0.3) is 0 Å². The van der Waals surface area contributed by atoms with Gasteiger partial charge in [0.25, 0.3) is 0 Å². The highest BCUT2D eigenvalue weighted by Crippen LogP contribution is 2.34. The number of nitrogens with two attached hydrogens (primary N) is 1. The van der Waals surface area contributed by atoms with Crippen molar-refractivity contribution in [1.29, 1.82) is 0 Å². The second kappa shape index (κ2) is 5.09. The van der Waals surface area contributed by atoms with E-state index in [0.717, 1.165) is 16.8 Å².